The number of carbonyl (C=O) groups excluding carboxylic acids is 1. The monoisotopic (exact) mass is 458 g/mol. The maximum Gasteiger partial charge on any atom is 0.407 e. The fourth-order valence-corrected chi connectivity index (χ4v) is 4.46. The Bertz CT molecular complexity index is 1090. The molecule has 0 spiro atoms. The molecule has 0 bridgehead atoms. The number of nitrogens with zero attached hydrogens (tertiary/aromatic N) is 1. The summed E-state index contributed by atoms with van der Waals surface area (Å²) < 4.78 is 5.90. The fourth-order valence-electron chi connectivity index (χ4n) is 4.46. The SMILES string of the molecule is C[C@H](C(=O)N[C@@H](c1ccc(OCc2ccccc2)cc1)C1CCCN1C(=O)O)c1ccccc1. The number of benzene rings is 3. The molecule has 176 valence electrons. The van der Waals surface area contributed by atoms with Crippen molar-refractivity contribution in [3.05, 3.63) is 102 Å². The number of carbonyl (C=O) groups is 2. The Morgan fingerprint density at radius 3 is 2.26 bits per heavy atom. The van der Waals surface area contributed by atoms with E-state index in [-0.39, 0.29) is 17.9 Å². The van der Waals surface area contributed by atoms with Crippen LogP contribution < -0.4 is 10.1 Å². The lowest BCUT2D eigenvalue weighted by molar-refractivity contribution is -0.123. The molecule has 1 unspecified atom stereocenters. The van der Waals surface area contributed by atoms with Crippen LogP contribution in [-0.4, -0.2) is 34.6 Å². The molecule has 1 fully saturated rings. The molecule has 6 heteroatoms. The first-order valence-corrected chi connectivity index (χ1v) is 11.6. The van der Waals surface area contributed by atoms with E-state index in [0.717, 1.165) is 28.9 Å². The Morgan fingerprint density at radius 2 is 1.62 bits per heavy atom. The maximum atomic E-state index is 13.2. The van der Waals surface area contributed by atoms with E-state index in [1.165, 1.54) is 4.90 Å². The smallest absolute Gasteiger partial charge is 0.407 e. The topological polar surface area (TPSA) is 78.9 Å². The van der Waals surface area contributed by atoms with Crippen molar-refractivity contribution in [2.45, 2.75) is 44.4 Å². The normalized spacial score (nSPS) is 17.1. The van der Waals surface area contributed by atoms with Crippen LogP contribution in [0.15, 0.2) is 84.9 Å². The molecule has 2 N–H and O–H groups in total. The number of rotatable bonds is 8. The number of likely N-dealkylation sites (tertiary alicyclic amines) is 1. The minimum atomic E-state index is -0.958. The number of carboxylic acid groups (broad SMARTS) is 1. The van der Waals surface area contributed by atoms with E-state index in [0.29, 0.717) is 19.6 Å². The van der Waals surface area contributed by atoms with E-state index in [1.54, 1.807) is 0 Å². The Kier molecular flexibility index (Phi) is 7.48. The zero-order chi connectivity index (χ0) is 23.9. The van der Waals surface area contributed by atoms with Crippen LogP contribution in [0.4, 0.5) is 4.79 Å². The predicted molar refractivity (Wildman–Crippen MR) is 131 cm³/mol. The van der Waals surface area contributed by atoms with Crippen LogP contribution in [-0.2, 0) is 11.4 Å². The van der Waals surface area contributed by atoms with Crippen LogP contribution >= 0.6 is 0 Å². The molecule has 1 heterocycles. The Labute approximate surface area is 200 Å². The van der Waals surface area contributed by atoms with Gasteiger partial charge in [0.1, 0.15) is 12.4 Å². The van der Waals surface area contributed by atoms with Crippen molar-refractivity contribution in [2.75, 3.05) is 6.54 Å². The molecule has 0 saturated carbocycles. The molecule has 6 nitrogen and oxygen atoms in total. The molecule has 0 radical (unpaired) electrons. The molecule has 1 aliphatic heterocycles. The number of hydrogen-bond donors (Lipinski definition) is 2. The highest BCUT2D eigenvalue weighted by molar-refractivity contribution is 5.83. The van der Waals surface area contributed by atoms with Crippen LogP contribution in [0.1, 0.15) is 48.4 Å². The van der Waals surface area contributed by atoms with Crippen molar-refractivity contribution in [1.82, 2.24) is 10.2 Å². The summed E-state index contributed by atoms with van der Waals surface area (Å²) >= 11 is 0. The maximum absolute atomic E-state index is 13.2. The molecule has 3 atom stereocenters. The first-order chi connectivity index (χ1) is 16.5. The molecule has 3 aromatic carbocycles. The molecular weight excluding hydrogens is 428 g/mol. The summed E-state index contributed by atoms with van der Waals surface area (Å²) in [7, 11) is 0. The Balaban J connectivity index is 1.53. The van der Waals surface area contributed by atoms with Gasteiger partial charge in [-0.1, -0.05) is 72.8 Å². The third kappa shape index (κ3) is 5.57. The minimum absolute atomic E-state index is 0.127. The second-order valence-corrected chi connectivity index (χ2v) is 8.65. The highest BCUT2D eigenvalue weighted by Crippen LogP contribution is 2.31. The molecule has 34 heavy (non-hydrogen) atoms. The van der Waals surface area contributed by atoms with Crippen LogP contribution in [0.3, 0.4) is 0 Å². The van der Waals surface area contributed by atoms with Gasteiger partial charge in [-0.3, -0.25) is 4.79 Å². The average Bonchev–Trinajstić information content (AvgIpc) is 3.37. The summed E-state index contributed by atoms with van der Waals surface area (Å²) in [5.74, 6) is 0.242. The van der Waals surface area contributed by atoms with Gasteiger partial charge in [0.15, 0.2) is 0 Å². The summed E-state index contributed by atoms with van der Waals surface area (Å²) in [6, 6.07) is 26.3. The molecule has 4 rings (SSSR count). The lowest BCUT2D eigenvalue weighted by atomic mass is 9.94. The lowest BCUT2D eigenvalue weighted by Crippen LogP contribution is -2.46. The average molecular weight is 459 g/mol. The first-order valence-electron chi connectivity index (χ1n) is 11.6. The standard InChI is InChI=1S/C28H30N2O4/c1-20(22-11-6-3-7-12-22)27(31)29-26(25-13-8-18-30(25)28(32)33)23-14-16-24(17-15-23)34-19-21-9-4-2-5-10-21/h2-7,9-12,14-17,20,25-26H,8,13,18-19H2,1H3,(H,29,31)(H,32,33)/t20-,25?,26-/m0/s1. The van der Waals surface area contributed by atoms with Crippen LogP contribution in [0, 0.1) is 0 Å². The second kappa shape index (κ2) is 10.9. The van der Waals surface area contributed by atoms with E-state index < -0.39 is 12.1 Å². The van der Waals surface area contributed by atoms with Gasteiger partial charge in [0.2, 0.25) is 5.91 Å². The van der Waals surface area contributed by atoms with Crippen LogP contribution in [0.2, 0.25) is 0 Å². The van der Waals surface area contributed by atoms with E-state index in [4.69, 9.17) is 4.74 Å². The van der Waals surface area contributed by atoms with Gasteiger partial charge in [-0.2, -0.15) is 0 Å². The molecular formula is C28H30N2O4. The molecule has 0 aromatic heterocycles. The highest BCUT2D eigenvalue weighted by Gasteiger charge is 2.37. The minimum Gasteiger partial charge on any atom is -0.489 e. The van der Waals surface area contributed by atoms with Crippen molar-refractivity contribution in [3.8, 4) is 5.75 Å². The molecule has 3 aromatic rings. The molecule has 2 amide bonds. The third-order valence-corrected chi connectivity index (χ3v) is 6.41. The molecule has 1 saturated heterocycles. The summed E-state index contributed by atoms with van der Waals surface area (Å²) in [5, 5.41) is 12.9. The fraction of sp³-hybridized carbons (Fsp3) is 0.286. The van der Waals surface area contributed by atoms with Gasteiger partial charge in [0.05, 0.1) is 18.0 Å². The van der Waals surface area contributed by atoms with E-state index in [9.17, 15) is 14.7 Å². The first kappa shape index (κ1) is 23.4. The number of amides is 2. The summed E-state index contributed by atoms with van der Waals surface area (Å²) in [4.78, 5) is 26.5. The summed E-state index contributed by atoms with van der Waals surface area (Å²) in [6.45, 7) is 2.80. The second-order valence-electron chi connectivity index (χ2n) is 8.65. The zero-order valence-corrected chi connectivity index (χ0v) is 19.3. The lowest BCUT2D eigenvalue weighted by Gasteiger charge is -2.32. The number of nitrogens with one attached hydrogen (secondary N) is 1. The van der Waals surface area contributed by atoms with Gasteiger partial charge >= 0.3 is 6.09 Å². The molecule has 1 aliphatic rings. The summed E-state index contributed by atoms with van der Waals surface area (Å²) in [5.41, 5.74) is 2.86. The van der Waals surface area contributed by atoms with Gasteiger partial charge in [-0.25, -0.2) is 4.79 Å². The number of hydrogen-bond acceptors (Lipinski definition) is 3. The van der Waals surface area contributed by atoms with Crippen molar-refractivity contribution in [3.63, 3.8) is 0 Å². The highest BCUT2D eigenvalue weighted by atomic mass is 16.5. The van der Waals surface area contributed by atoms with Crippen molar-refractivity contribution in [2.24, 2.45) is 0 Å². The van der Waals surface area contributed by atoms with Gasteiger partial charge in [-0.15, -0.1) is 0 Å². The Hall–Kier alpha value is -3.80. The van der Waals surface area contributed by atoms with Crippen LogP contribution in [0.5, 0.6) is 5.75 Å². The van der Waals surface area contributed by atoms with E-state index >= 15 is 0 Å². The van der Waals surface area contributed by atoms with Gasteiger partial charge in [0, 0.05) is 6.54 Å². The van der Waals surface area contributed by atoms with Gasteiger partial charge < -0.3 is 20.1 Å². The van der Waals surface area contributed by atoms with Gasteiger partial charge in [0.25, 0.3) is 0 Å². The van der Waals surface area contributed by atoms with Crippen molar-refractivity contribution >= 4 is 12.0 Å². The largest absolute Gasteiger partial charge is 0.489 e. The van der Waals surface area contributed by atoms with Gasteiger partial charge in [-0.05, 0) is 48.6 Å². The number of ether oxygens (including phenoxy) is 1. The predicted octanol–water partition coefficient (Wildman–Crippen LogP) is 5.37. The zero-order valence-electron chi connectivity index (χ0n) is 19.3. The van der Waals surface area contributed by atoms with E-state index in [2.05, 4.69) is 5.32 Å². The summed E-state index contributed by atoms with van der Waals surface area (Å²) in [6.07, 6.45) is 0.514. The van der Waals surface area contributed by atoms with Crippen molar-refractivity contribution < 1.29 is 19.4 Å². The van der Waals surface area contributed by atoms with E-state index in [1.807, 2.05) is 91.9 Å². The molecule has 0 aliphatic carbocycles. The third-order valence-electron chi connectivity index (χ3n) is 6.41. The quantitative estimate of drug-likeness (QED) is 0.476. The Morgan fingerprint density at radius 1 is 0.971 bits per heavy atom. The van der Waals surface area contributed by atoms with Crippen LogP contribution in [0.25, 0.3) is 0 Å². The van der Waals surface area contributed by atoms with Crippen molar-refractivity contribution in [1.29, 1.82) is 0 Å².